The summed E-state index contributed by atoms with van der Waals surface area (Å²) in [5.74, 6) is 1.12. The van der Waals surface area contributed by atoms with Crippen LogP contribution in [0, 0.1) is 11.3 Å². The normalized spacial score (nSPS) is 13.0. The molecule has 0 fully saturated rings. The van der Waals surface area contributed by atoms with Crippen LogP contribution in [0.4, 0.5) is 0 Å². The molecule has 28 heavy (non-hydrogen) atoms. The maximum atomic E-state index is 10.5. The Kier molecular flexibility index (Phi) is 9.59. The van der Waals surface area contributed by atoms with Crippen LogP contribution in [0.25, 0.3) is 0 Å². The highest BCUT2D eigenvalue weighted by Gasteiger charge is 2.22. The minimum absolute atomic E-state index is 0.211. The summed E-state index contributed by atoms with van der Waals surface area (Å²) in [6.07, 6.45) is 0.909. The molecule has 0 bridgehead atoms. The van der Waals surface area contributed by atoms with E-state index in [1.165, 1.54) is 7.48 Å². The fourth-order valence-electron chi connectivity index (χ4n) is 2.82. The van der Waals surface area contributed by atoms with Gasteiger partial charge in [-0.3, -0.25) is 5.41 Å². The number of aliphatic hydroxyl groups is 1. The molecule has 1 radical (unpaired) electrons. The van der Waals surface area contributed by atoms with Crippen LogP contribution in [0.15, 0.2) is 54.6 Å². The molecule has 6 heteroatoms. The van der Waals surface area contributed by atoms with Gasteiger partial charge >= 0.3 is 7.48 Å². The summed E-state index contributed by atoms with van der Waals surface area (Å²) in [6.45, 7) is 6.12. The first-order valence-electron chi connectivity index (χ1n) is 9.70. The molecule has 0 heterocycles. The maximum absolute atomic E-state index is 10.5. The molecule has 5 nitrogen and oxygen atoms in total. The lowest BCUT2D eigenvalue weighted by atomic mass is 9.72. The first-order chi connectivity index (χ1) is 13.6. The van der Waals surface area contributed by atoms with Gasteiger partial charge in [-0.15, -0.1) is 0 Å². The van der Waals surface area contributed by atoms with Crippen molar-refractivity contribution in [1.29, 1.82) is 5.41 Å². The van der Waals surface area contributed by atoms with Crippen LogP contribution in [0.5, 0.6) is 5.75 Å². The van der Waals surface area contributed by atoms with Gasteiger partial charge in [0.05, 0.1) is 6.10 Å². The molecule has 0 amide bonds. The molecule has 0 aliphatic carbocycles. The van der Waals surface area contributed by atoms with Crippen LogP contribution in [-0.2, 0) is 17.7 Å². The molecule has 0 saturated carbocycles. The minimum Gasteiger partial charge on any atom is -0.555 e. The number of ether oxygens (including phenoxy) is 1. The Bertz CT molecular complexity index is 680. The number of benzene rings is 2. The van der Waals surface area contributed by atoms with E-state index in [1.54, 1.807) is 0 Å². The van der Waals surface area contributed by atoms with E-state index in [4.69, 9.17) is 14.8 Å². The predicted molar refractivity (Wildman–Crippen MR) is 114 cm³/mol. The molecule has 2 atom stereocenters. The van der Waals surface area contributed by atoms with Crippen molar-refractivity contribution in [3.05, 3.63) is 65.7 Å². The summed E-state index contributed by atoms with van der Waals surface area (Å²) in [5, 5.41) is 20.8. The molecule has 2 aromatic rings. The number of hydrogen-bond donors (Lipinski definition) is 3. The highest BCUT2D eigenvalue weighted by molar-refractivity contribution is 6.32. The van der Waals surface area contributed by atoms with Crippen LogP contribution in [-0.4, -0.2) is 38.2 Å². The van der Waals surface area contributed by atoms with Crippen molar-refractivity contribution >= 4 is 13.9 Å². The Morgan fingerprint density at radius 3 is 2.39 bits per heavy atom. The summed E-state index contributed by atoms with van der Waals surface area (Å²) in [7, 11) is 1.54. The second kappa shape index (κ2) is 12.2. The molecule has 1 unspecified atom stereocenters. The van der Waals surface area contributed by atoms with E-state index in [1.807, 2.05) is 54.6 Å². The van der Waals surface area contributed by atoms with Crippen molar-refractivity contribution in [3.8, 4) is 5.75 Å². The molecule has 0 aliphatic heterocycles. The molecule has 0 aliphatic rings. The largest absolute Gasteiger partial charge is 0.555 e. The van der Waals surface area contributed by atoms with E-state index in [2.05, 4.69) is 19.2 Å². The highest BCUT2D eigenvalue weighted by Crippen LogP contribution is 2.21. The zero-order valence-corrected chi connectivity index (χ0v) is 16.7. The average molecular weight is 381 g/mol. The lowest BCUT2D eigenvalue weighted by molar-refractivity contribution is 0.157. The molecule has 149 valence electrons. The van der Waals surface area contributed by atoms with Gasteiger partial charge in [0.25, 0.3) is 0 Å². The first-order valence-corrected chi connectivity index (χ1v) is 9.70. The number of nitrogens with one attached hydrogen (secondary N) is 2. The summed E-state index contributed by atoms with van der Waals surface area (Å²) < 4.78 is 10.9. The van der Waals surface area contributed by atoms with Crippen LogP contribution in [0.2, 0.25) is 5.82 Å². The van der Waals surface area contributed by atoms with Gasteiger partial charge in [0.1, 0.15) is 18.8 Å². The third-order valence-electron chi connectivity index (χ3n) is 4.36. The van der Waals surface area contributed by atoms with Gasteiger partial charge in [-0.25, -0.2) is 0 Å². The summed E-state index contributed by atoms with van der Waals surface area (Å²) in [4.78, 5) is 0. The van der Waals surface area contributed by atoms with Crippen molar-refractivity contribution in [2.24, 2.45) is 5.92 Å². The first kappa shape index (κ1) is 22.0. The van der Waals surface area contributed by atoms with E-state index in [9.17, 15) is 5.11 Å². The van der Waals surface area contributed by atoms with Crippen molar-refractivity contribution in [1.82, 2.24) is 5.32 Å². The molecule has 0 spiro atoms. The molecule has 2 aromatic carbocycles. The summed E-state index contributed by atoms with van der Waals surface area (Å²) in [6, 6.07) is 17.9. The van der Waals surface area contributed by atoms with Crippen molar-refractivity contribution < 1.29 is 14.5 Å². The average Bonchev–Trinajstić information content (AvgIpc) is 2.71. The van der Waals surface area contributed by atoms with Gasteiger partial charge in [-0.1, -0.05) is 56.3 Å². The van der Waals surface area contributed by atoms with Crippen LogP contribution in [0.1, 0.15) is 25.0 Å². The zero-order chi connectivity index (χ0) is 20.2. The number of aliphatic hydroxyl groups excluding tert-OH is 1. The maximum Gasteiger partial charge on any atom is 0.377 e. The van der Waals surface area contributed by atoms with E-state index < -0.39 is 6.10 Å². The van der Waals surface area contributed by atoms with Gasteiger partial charge in [-0.05, 0) is 42.1 Å². The Hall–Kier alpha value is -2.31. The Balaban J connectivity index is 1.88. The van der Waals surface area contributed by atoms with Gasteiger partial charge in [0.2, 0.25) is 0 Å². The molecular weight excluding hydrogens is 351 g/mol. The van der Waals surface area contributed by atoms with Crippen molar-refractivity contribution in [3.63, 3.8) is 0 Å². The number of hydrogen-bond acceptors (Lipinski definition) is 5. The Labute approximate surface area is 168 Å². The van der Waals surface area contributed by atoms with Crippen LogP contribution < -0.4 is 10.1 Å². The Morgan fingerprint density at radius 2 is 1.75 bits per heavy atom. The van der Waals surface area contributed by atoms with Crippen LogP contribution in [0.3, 0.4) is 0 Å². The fraction of sp³-hybridized carbons (Fsp3) is 0.409. The lowest BCUT2D eigenvalue weighted by Crippen LogP contribution is -2.35. The Morgan fingerprint density at radius 1 is 1.04 bits per heavy atom. The van der Waals surface area contributed by atoms with Crippen LogP contribution >= 0.6 is 0 Å². The topological polar surface area (TPSA) is 74.6 Å². The van der Waals surface area contributed by atoms with E-state index in [0.29, 0.717) is 25.5 Å². The number of rotatable bonds is 13. The van der Waals surface area contributed by atoms with E-state index in [0.717, 1.165) is 29.8 Å². The zero-order valence-electron chi connectivity index (χ0n) is 16.7. The molecule has 2 rings (SSSR count). The lowest BCUT2D eigenvalue weighted by Gasteiger charge is -2.22. The van der Waals surface area contributed by atoms with Gasteiger partial charge in [-0.2, -0.15) is 0 Å². The monoisotopic (exact) mass is 381 g/mol. The second-order valence-electron chi connectivity index (χ2n) is 7.30. The predicted octanol–water partition coefficient (Wildman–Crippen LogP) is 3.45. The quantitative estimate of drug-likeness (QED) is 0.282. The summed E-state index contributed by atoms with van der Waals surface area (Å²) >= 11 is 0. The van der Waals surface area contributed by atoms with Crippen molar-refractivity contribution in [2.45, 2.75) is 38.8 Å². The van der Waals surface area contributed by atoms with Gasteiger partial charge in [0.15, 0.2) is 0 Å². The summed E-state index contributed by atoms with van der Waals surface area (Å²) in [5.41, 5.74) is 2.20. The third-order valence-corrected chi connectivity index (χ3v) is 4.36. The molecule has 3 N–H and O–H groups in total. The van der Waals surface area contributed by atoms with E-state index in [-0.39, 0.29) is 5.82 Å². The minimum atomic E-state index is -0.590. The van der Waals surface area contributed by atoms with Gasteiger partial charge < -0.3 is 19.8 Å². The smallest absolute Gasteiger partial charge is 0.377 e. The molecule has 0 saturated heterocycles. The highest BCUT2D eigenvalue weighted by atomic mass is 16.5. The fourth-order valence-corrected chi connectivity index (χ4v) is 2.82. The molecule has 0 aromatic heterocycles. The molecular formula is C22H30BN2O3. The second-order valence-corrected chi connectivity index (χ2v) is 7.30. The van der Waals surface area contributed by atoms with Crippen molar-refractivity contribution in [2.75, 3.05) is 13.1 Å². The SMILES string of the molecule is CC(C)CNCC(O)[C@@H]([B]OC=N)Cc1ccc(OCc2ccccc2)cc1. The standard InChI is InChI=1S/C22H30BN2O3/c1-17(2)13-25-14-22(26)21(23-28-16-24)12-18-8-10-20(11-9-18)27-15-19-6-4-3-5-7-19/h3-11,16-17,21-22,24-26H,12-15H2,1-2H3/t21-,22?/m0/s1. The third kappa shape index (κ3) is 8.15. The van der Waals surface area contributed by atoms with E-state index >= 15 is 0 Å². The van der Waals surface area contributed by atoms with Gasteiger partial charge in [0, 0.05) is 12.4 Å².